The molecule has 0 N–H and O–H groups in total. The lowest BCUT2D eigenvalue weighted by Crippen LogP contribution is -2.49. The zero-order valence-electron chi connectivity index (χ0n) is 21.4. The van der Waals surface area contributed by atoms with E-state index in [-0.39, 0.29) is 5.97 Å². The molecular weight excluding hydrogens is 442 g/mol. The molecule has 0 spiro atoms. The Morgan fingerprint density at radius 2 is 1.56 bits per heavy atom. The van der Waals surface area contributed by atoms with Crippen LogP contribution in [0.15, 0.2) is 24.3 Å². The number of esters is 1. The Balaban J connectivity index is 1.61. The Bertz CT molecular complexity index is 736. The molecule has 3 unspecified atom stereocenters. The van der Waals surface area contributed by atoms with Crippen molar-refractivity contribution in [3.63, 3.8) is 0 Å². The molecule has 0 bridgehead atoms. The quantitative estimate of drug-likeness (QED) is 0.330. The topological polar surface area (TPSA) is 29.5 Å². The van der Waals surface area contributed by atoms with Crippen molar-refractivity contribution in [2.75, 3.05) is 19.7 Å². The summed E-state index contributed by atoms with van der Waals surface area (Å²) in [5, 5.41) is 0.808. The third kappa shape index (κ3) is 7.23. The van der Waals surface area contributed by atoms with Crippen molar-refractivity contribution in [1.82, 2.24) is 4.90 Å². The van der Waals surface area contributed by atoms with Crippen LogP contribution < -0.4 is 0 Å². The lowest BCUT2D eigenvalue weighted by atomic mass is 9.70. The molecule has 3 fully saturated rings. The van der Waals surface area contributed by atoms with Crippen molar-refractivity contribution in [2.45, 2.75) is 109 Å². The van der Waals surface area contributed by atoms with E-state index >= 15 is 0 Å². The molecular formula is C30H46ClNO2. The van der Waals surface area contributed by atoms with Gasteiger partial charge in [-0.1, -0.05) is 68.7 Å². The average molecular weight is 488 g/mol. The van der Waals surface area contributed by atoms with Crippen molar-refractivity contribution in [2.24, 2.45) is 17.8 Å². The summed E-state index contributed by atoms with van der Waals surface area (Å²) in [4.78, 5) is 15.5. The largest absolute Gasteiger partial charge is 0.466 e. The van der Waals surface area contributed by atoms with Gasteiger partial charge in [0.05, 0.1) is 6.61 Å². The zero-order chi connectivity index (χ0) is 23.8. The maximum atomic E-state index is 12.6. The first-order valence-electron chi connectivity index (χ1n) is 14.3. The molecule has 190 valence electrons. The number of hydrogen-bond donors (Lipinski definition) is 0. The van der Waals surface area contributed by atoms with Gasteiger partial charge in [-0.3, -0.25) is 9.69 Å². The van der Waals surface area contributed by atoms with E-state index in [1.807, 2.05) is 13.0 Å². The molecule has 0 amide bonds. The van der Waals surface area contributed by atoms with Crippen LogP contribution in [0, 0.1) is 17.8 Å². The van der Waals surface area contributed by atoms with Gasteiger partial charge in [0, 0.05) is 36.5 Å². The molecule has 4 heteroatoms. The number of ether oxygens (including phenoxy) is 1. The molecule has 3 atom stereocenters. The number of nitrogens with zero attached hydrogens (tertiary/aromatic N) is 1. The van der Waals surface area contributed by atoms with Crippen LogP contribution >= 0.6 is 11.6 Å². The molecule has 4 rings (SSSR count). The molecule has 0 heterocycles. The summed E-state index contributed by atoms with van der Waals surface area (Å²) in [5.74, 6) is 2.32. The monoisotopic (exact) mass is 487 g/mol. The molecule has 3 nitrogen and oxygen atoms in total. The van der Waals surface area contributed by atoms with Crippen LogP contribution in [-0.2, 0) is 9.53 Å². The number of hydrogen-bond acceptors (Lipinski definition) is 3. The second-order valence-electron chi connectivity index (χ2n) is 11.3. The zero-order valence-corrected chi connectivity index (χ0v) is 22.1. The predicted octanol–water partition coefficient (Wildman–Crippen LogP) is 8.01. The van der Waals surface area contributed by atoms with E-state index in [0.29, 0.717) is 30.9 Å². The number of carbonyl (C=O) groups is 1. The van der Waals surface area contributed by atoms with E-state index in [0.717, 1.165) is 23.3 Å². The van der Waals surface area contributed by atoms with Gasteiger partial charge in [-0.15, -0.1) is 0 Å². The van der Waals surface area contributed by atoms with Crippen LogP contribution in [0.4, 0.5) is 0 Å². The third-order valence-corrected chi connectivity index (χ3v) is 9.10. The summed E-state index contributed by atoms with van der Waals surface area (Å²) in [6.45, 7) is 4.85. The highest BCUT2D eigenvalue weighted by Gasteiger charge is 2.40. The van der Waals surface area contributed by atoms with Gasteiger partial charge < -0.3 is 4.74 Å². The van der Waals surface area contributed by atoms with Gasteiger partial charge in [-0.25, -0.2) is 0 Å². The predicted molar refractivity (Wildman–Crippen MR) is 141 cm³/mol. The summed E-state index contributed by atoms with van der Waals surface area (Å²) < 4.78 is 5.41. The summed E-state index contributed by atoms with van der Waals surface area (Å²) in [5.41, 5.74) is 1.32. The summed E-state index contributed by atoms with van der Waals surface area (Å²) in [6, 6.07) is 8.99. The van der Waals surface area contributed by atoms with Crippen molar-refractivity contribution in [3.05, 3.63) is 34.9 Å². The Morgan fingerprint density at radius 3 is 2.15 bits per heavy atom. The molecule has 0 radical (unpaired) electrons. The Morgan fingerprint density at radius 1 is 0.912 bits per heavy atom. The fourth-order valence-electron chi connectivity index (χ4n) is 7.29. The third-order valence-electron chi connectivity index (χ3n) is 8.87. The molecule has 1 aromatic rings. The Hall–Kier alpha value is -1.06. The van der Waals surface area contributed by atoms with Gasteiger partial charge in [0.2, 0.25) is 0 Å². The molecule has 3 aliphatic carbocycles. The number of benzene rings is 1. The SMILES string of the molecule is CCOC(=O)CC1CCCC(N(CC2CCCCC2)CC2CCCCC2)C1c1cccc(Cl)c1. The van der Waals surface area contributed by atoms with Crippen molar-refractivity contribution in [3.8, 4) is 0 Å². The second kappa shape index (κ2) is 13.3. The van der Waals surface area contributed by atoms with Crippen LogP contribution in [0.1, 0.15) is 108 Å². The normalized spacial score (nSPS) is 27.1. The smallest absolute Gasteiger partial charge is 0.306 e. The van der Waals surface area contributed by atoms with Crippen molar-refractivity contribution < 1.29 is 9.53 Å². The fourth-order valence-corrected chi connectivity index (χ4v) is 7.49. The minimum absolute atomic E-state index is 0.0358. The minimum Gasteiger partial charge on any atom is -0.466 e. The Kier molecular flexibility index (Phi) is 10.2. The first-order valence-corrected chi connectivity index (χ1v) is 14.7. The van der Waals surface area contributed by atoms with Gasteiger partial charge in [-0.2, -0.15) is 0 Å². The Labute approximate surface area is 213 Å². The lowest BCUT2D eigenvalue weighted by molar-refractivity contribution is -0.145. The average Bonchev–Trinajstić information content (AvgIpc) is 2.85. The molecule has 34 heavy (non-hydrogen) atoms. The lowest BCUT2D eigenvalue weighted by Gasteiger charge is -2.47. The highest BCUT2D eigenvalue weighted by molar-refractivity contribution is 6.30. The molecule has 3 aliphatic rings. The van der Waals surface area contributed by atoms with E-state index in [1.165, 1.54) is 95.7 Å². The van der Waals surface area contributed by atoms with E-state index in [4.69, 9.17) is 16.3 Å². The first kappa shape index (κ1) is 26.0. The highest BCUT2D eigenvalue weighted by Crippen LogP contribution is 2.44. The number of halogens is 1. The fraction of sp³-hybridized carbons (Fsp3) is 0.767. The van der Waals surface area contributed by atoms with Gasteiger partial charge in [-0.05, 0) is 80.9 Å². The molecule has 0 aliphatic heterocycles. The van der Waals surface area contributed by atoms with Crippen LogP contribution in [0.5, 0.6) is 0 Å². The maximum absolute atomic E-state index is 12.6. The van der Waals surface area contributed by atoms with Crippen LogP contribution in [0.2, 0.25) is 5.02 Å². The van der Waals surface area contributed by atoms with E-state index in [1.54, 1.807) is 0 Å². The number of rotatable bonds is 9. The van der Waals surface area contributed by atoms with Crippen molar-refractivity contribution >= 4 is 17.6 Å². The van der Waals surface area contributed by atoms with Gasteiger partial charge >= 0.3 is 5.97 Å². The van der Waals surface area contributed by atoms with Gasteiger partial charge in [0.25, 0.3) is 0 Å². The van der Waals surface area contributed by atoms with Gasteiger partial charge in [0.1, 0.15) is 0 Å². The van der Waals surface area contributed by atoms with Crippen LogP contribution in [-0.4, -0.2) is 36.6 Å². The molecule has 3 saturated carbocycles. The molecule has 0 aromatic heterocycles. The van der Waals surface area contributed by atoms with Crippen LogP contribution in [0.25, 0.3) is 0 Å². The summed E-state index contributed by atoms with van der Waals surface area (Å²) in [7, 11) is 0. The molecule has 0 saturated heterocycles. The van der Waals surface area contributed by atoms with E-state index in [9.17, 15) is 4.79 Å². The molecule has 1 aromatic carbocycles. The van der Waals surface area contributed by atoms with E-state index < -0.39 is 0 Å². The minimum atomic E-state index is -0.0358. The number of carbonyl (C=O) groups excluding carboxylic acids is 1. The van der Waals surface area contributed by atoms with Crippen molar-refractivity contribution in [1.29, 1.82) is 0 Å². The summed E-state index contributed by atoms with van der Waals surface area (Å²) >= 11 is 6.50. The summed E-state index contributed by atoms with van der Waals surface area (Å²) in [6.07, 6.45) is 18.1. The van der Waals surface area contributed by atoms with Gasteiger partial charge in [0.15, 0.2) is 0 Å². The maximum Gasteiger partial charge on any atom is 0.306 e. The van der Waals surface area contributed by atoms with Crippen LogP contribution in [0.3, 0.4) is 0 Å². The first-order chi connectivity index (χ1) is 16.6. The van der Waals surface area contributed by atoms with E-state index in [2.05, 4.69) is 23.1 Å². The second-order valence-corrected chi connectivity index (χ2v) is 11.7. The standard InChI is InChI=1S/C30H46ClNO2/c1-2-34-29(33)20-26-16-10-18-28(30(26)25-15-9-17-27(31)19-25)32(21-23-11-5-3-6-12-23)22-24-13-7-4-8-14-24/h9,15,17,19,23-24,26,28,30H,2-8,10-14,16,18,20-22H2,1H3. The highest BCUT2D eigenvalue weighted by atomic mass is 35.5.